The molecule has 59 heavy (non-hydrogen) atoms. The molecule has 1 aromatic carbocycles. The van der Waals surface area contributed by atoms with Crippen LogP contribution in [0.25, 0.3) is 11.3 Å². The van der Waals surface area contributed by atoms with E-state index >= 15 is 0 Å². The molecule has 1 heterocycles. The molecule has 12 atom stereocenters. The molecule has 7 aliphatic rings. The molecule has 1 aromatic heterocycles. The van der Waals surface area contributed by atoms with Crippen molar-refractivity contribution in [3.8, 4) is 11.3 Å². The lowest BCUT2D eigenvalue weighted by atomic mass is 9.42. The standard InChI is InChI=1S/C54H77N3O2/c1-33(2)50-34(3)30-54(52-55-31-48(57(52)26-25-56(7)8)39-15-13-38(14-16-39)27-37-11-9-10-12-37)24-22-42-43-17-19-46-36(5)40(29-49(59)45-28-41(32-58)35(45)4)21-23-53(46,6)47(43)20-18-44(42)51(50)54/h13-16,31-33,35-37,40-47H,3,9-12,17-30H2,1-2,4-8H3. The number of allylic oxidation sites excluding steroid dienone is 3. The van der Waals surface area contributed by atoms with Crippen molar-refractivity contribution in [2.45, 2.75) is 149 Å². The first-order chi connectivity index (χ1) is 28.3. The minimum absolute atomic E-state index is 0.0679. The molecule has 0 aliphatic heterocycles. The minimum Gasteiger partial charge on any atom is -0.326 e. The van der Waals surface area contributed by atoms with E-state index in [1.807, 2.05) is 0 Å². The Hall–Kier alpha value is -2.79. The molecule has 9 rings (SSSR count). The molecule has 6 fully saturated rings. The van der Waals surface area contributed by atoms with Crippen molar-refractivity contribution >= 4 is 12.1 Å². The van der Waals surface area contributed by atoms with Crippen molar-refractivity contribution in [3.05, 3.63) is 65.1 Å². The molecular weight excluding hydrogens is 723 g/mol. The zero-order valence-electron chi connectivity index (χ0n) is 38.0. The predicted octanol–water partition coefficient (Wildman–Crippen LogP) is 11.9. The van der Waals surface area contributed by atoms with Crippen molar-refractivity contribution in [3.63, 3.8) is 0 Å². The molecule has 0 spiro atoms. The molecule has 5 nitrogen and oxygen atoms in total. The predicted molar refractivity (Wildman–Crippen MR) is 241 cm³/mol. The highest BCUT2D eigenvalue weighted by Gasteiger charge is 2.61. The Morgan fingerprint density at radius 2 is 1.69 bits per heavy atom. The van der Waals surface area contributed by atoms with E-state index in [0.29, 0.717) is 40.8 Å². The van der Waals surface area contributed by atoms with E-state index in [1.54, 1.807) is 11.1 Å². The Balaban J connectivity index is 0.986. The van der Waals surface area contributed by atoms with Gasteiger partial charge in [0.25, 0.3) is 0 Å². The highest BCUT2D eigenvalue weighted by atomic mass is 16.1. The van der Waals surface area contributed by atoms with Gasteiger partial charge >= 0.3 is 0 Å². The molecule has 12 unspecified atom stereocenters. The van der Waals surface area contributed by atoms with Crippen molar-refractivity contribution in [2.75, 3.05) is 20.6 Å². The minimum atomic E-state index is -0.0679. The molecule has 6 saturated carbocycles. The number of nitrogens with zero attached hydrogens (tertiary/aromatic N) is 3. The maximum atomic E-state index is 13.5. The van der Waals surface area contributed by atoms with E-state index in [-0.39, 0.29) is 23.2 Å². The molecule has 0 saturated heterocycles. The lowest BCUT2D eigenvalue weighted by Gasteiger charge is -2.63. The normalized spacial score (nSPS) is 38.2. The van der Waals surface area contributed by atoms with Crippen LogP contribution in [0.5, 0.6) is 0 Å². The zero-order chi connectivity index (χ0) is 41.4. The van der Waals surface area contributed by atoms with Gasteiger partial charge in [0.15, 0.2) is 0 Å². The largest absolute Gasteiger partial charge is 0.326 e. The Bertz CT molecular complexity index is 1930. The quantitative estimate of drug-likeness (QED) is 0.201. The summed E-state index contributed by atoms with van der Waals surface area (Å²) in [6.07, 6.45) is 23.0. The average Bonchev–Trinajstić information content (AvgIpc) is 3.96. The number of aldehydes is 1. The van der Waals surface area contributed by atoms with Crippen LogP contribution in [0.1, 0.15) is 142 Å². The van der Waals surface area contributed by atoms with Crippen molar-refractivity contribution in [1.82, 2.24) is 14.5 Å². The first-order valence-corrected chi connectivity index (χ1v) is 24.5. The van der Waals surface area contributed by atoms with Gasteiger partial charge in [-0.25, -0.2) is 4.98 Å². The fraction of sp³-hybridized carbons (Fsp3) is 0.722. The summed E-state index contributed by atoms with van der Waals surface area (Å²) in [5.74, 6) is 8.27. The number of benzene rings is 1. The van der Waals surface area contributed by atoms with Gasteiger partial charge in [-0.2, -0.15) is 0 Å². The van der Waals surface area contributed by atoms with Gasteiger partial charge in [0.2, 0.25) is 0 Å². The molecular formula is C54H77N3O2. The summed E-state index contributed by atoms with van der Waals surface area (Å²) in [6.45, 7) is 19.0. The number of aromatic nitrogens is 2. The average molecular weight is 800 g/mol. The number of imidazole rings is 1. The first-order valence-electron chi connectivity index (χ1n) is 24.5. The van der Waals surface area contributed by atoms with Gasteiger partial charge in [0.1, 0.15) is 17.9 Å². The Morgan fingerprint density at radius 1 is 0.949 bits per heavy atom. The van der Waals surface area contributed by atoms with E-state index in [0.717, 1.165) is 62.3 Å². The van der Waals surface area contributed by atoms with E-state index < -0.39 is 0 Å². The van der Waals surface area contributed by atoms with Gasteiger partial charge in [-0.05, 0) is 172 Å². The summed E-state index contributed by atoms with van der Waals surface area (Å²) in [5.41, 5.74) is 9.10. The van der Waals surface area contributed by atoms with Crippen LogP contribution in [-0.2, 0) is 28.0 Å². The fourth-order valence-electron chi connectivity index (χ4n) is 15.9. The highest BCUT2D eigenvalue weighted by Crippen LogP contribution is 2.69. The number of rotatable bonds is 12. The van der Waals surface area contributed by atoms with Crippen LogP contribution < -0.4 is 0 Å². The monoisotopic (exact) mass is 800 g/mol. The number of hydrogen-bond acceptors (Lipinski definition) is 4. The first kappa shape index (κ1) is 41.6. The number of Topliss-reactive ketones (excluding diaryl/α,β-unsaturated/α-hetero) is 1. The SMILES string of the molecule is C=C1CC2(c3ncc(-c4ccc(CC5CCCC5)cc4)n3CCN(C)C)CCC3C(CCC4C3CCC3C(C)C(CC(=O)C5CC(C=O)C5C)CCC34C)C2=C1C(C)C. The van der Waals surface area contributed by atoms with Gasteiger partial charge in [0.05, 0.1) is 17.3 Å². The second-order valence-electron chi connectivity index (χ2n) is 22.5. The number of fused-ring (bicyclic) bond motifs is 7. The second kappa shape index (κ2) is 16.2. The molecule has 0 N–H and O–H groups in total. The zero-order valence-corrected chi connectivity index (χ0v) is 38.0. The van der Waals surface area contributed by atoms with Crippen LogP contribution in [0.15, 0.2) is 53.8 Å². The Labute approximate surface area is 357 Å². The van der Waals surface area contributed by atoms with Gasteiger partial charge in [-0.1, -0.05) is 96.7 Å². The molecule has 2 aromatic rings. The van der Waals surface area contributed by atoms with Gasteiger partial charge in [-0.15, -0.1) is 0 Å². The topological polar surface area (TPSA) is 55.2 Å². The highest BCUT2D eigenvalue weighted by molar-refractivity contribution is 5.84. The second-order valence-corrected chi connectivity index (χ2v) is 22.5. The van der Waals surface area contributed by atoms with Crippen LogP contribution >= 0.6 is 0 Å². The number of likely N-dealkylation sites (N-methyl/N-ethyl adjacent to an activating group) is 1. The van der Waals surface area contributed by atoms with Crippen LogP contribution in [0, 0.1) is 76.4 Å². The number of carbonyl (C=O) groups is 2. The van der Waals surface area contributed by atoms with Crippen LogP contribution in [-0.4, -0.2) is 47.2 Å². The van der Waals surface area contributed by atoms with E-state index in [4.69, 9.17) is 11.6 Å². The van der Waals surface area contributed by atoms with Crippen LogP contribution in [0.3, 0.4) is 0 Å². The van der Waals surface area contributed by atoms with Crippen LogP contribution in [0.2, 0.25) is 0 Å². The lowest BCUT2D eigenvalue weighted by molar-refractivity contribution is -0.141. The Morgan fingerprint density at radius 3 is 2.39 bits per heavy atom. The summed E-state index contributed by atoms with van der Waals surface area (Å²) < 4.78 is 2.65. The summed E-state index contributed by atoms with van der Waals surface area (Å²) in [6, 6.07) is 9.58. The maximum Gasteiger partial charge on any atom is 0.136 e. The van der Waals surface area contributed by atoms with Gasteiger partial charge in [0, 0.05) is 31.3 Å². The van der Waals surface area contributed by atoms with Crippen molar-refractivity contribution in [1.29, 1.82) is 0 Å². The molecule has 0 bridgehead atoms. The number of ketones is 1. The maximum absolute atomic E-state index is 13.5. The molecule has 5 heteroatoms. The fourth-order valence-corrected chi connectivity index (χ4v) is 15.9. The summed E-state index contributed by atoms with van der Waals surface area (Å²) >= 11 is 0. The number of carbonyl (C=O) groups excluding carboxylic acids is 2. The molecule has 0 radical (unpaired) electrons. The van der Waals surface area contributed by atoms with E-state index in [2.05, 4.69) is 88.6 Å². The third-order valence-corrected chi connectivity index (χ3v) is 19.1. The number of hydrogen-bond donors (Lipinski definition) is 0. The lowest BCUT2D eigenvalue weighted by Crippen LogP contribution is -2.56. The van der Waals surface area contributed by atoms with E-state index in [9.17, 15) is 9.59 Å². The smallest absolute Gasteiger partial charge is 0.136 e. The van der Waals surface area contributed by atoms with Crippen LogP contribution in [0.4, 0.5) is 0 Å². The molecule has 0 amide bonds. The summed E-state index contributed by atoms with van der Waals surface area (Å²) in [7, 11) is 4.41. The molecule has 7 aliphatic carbocycles. The van der Waals surface area contributed by atoms with Gasteiger partial charge < -0.3 is 14.3 Å². The van der Waals surface area contributed by atoms with Crippen molar-refractivity contribution < 1.29 is 9.59 Å². The Kier molecular flexibility index (Phi) is 11.4. The summed E-state index contributed by atoms with van der Waals surface area (Å²) in [5, 5.41) is 0. The molecule has 320 valence electrons. The summed E-state index contributed by atoms with van der Waals surface area (Å²) in [4.78, 5) is 32.9. The van der Waals surface area contributed by atoms with Gasteiger partial charge in [-0.3, -0.25) is 4.79 Å². The van der Waals surface area contributed by atoms with E-state index in [1.165, 1.54) is 112 Å². The van der Waals surface area contributed by atoms with Crippen molar-refractivity contribution in [2.24, 2.45) is 76.4 Å². The third kappa shape index (κ3) is 7.02. The third-order valence-electron chi connectivity index (χ3n) is 19.1.